The molecule has 0 unspecified atom stereocenters. The van der Waals surface area contributed by atoms with Gasteiger partial charge in [-0.25, -0.2) is 5.43 Å². The highest BCUT2D eigenvalue weighted by Gasteiger charge is 2.39. The minimum absolute atomic E-state index is 0.0468. The molecule has 2 amide bonds. The lowest BCUT2D eigenvalue weighted by molar-refractivity contribution is 0.0842. The Bertz CT molecular complexity index is 1150. The summed E-state index contributed by atoms with van der Waals surface area (Å²) in [6.45, 7) is 10.5. The molecule has 2 aliphatic rings. The Morgan fingerprint density at radius 2 is 1.83 bits per heavy atom. The van der Waals surface area contributed by atoms with E-state index in [9.17, 15) is 9.59 Å². The summed E-state index contributed by atoms with van der Waals surface area (Å²) >= 11 is 0. The molecule has 2 heterocycles. The predicted octanol–water partition coefficient (Wildman–Crippen LogP) is 4.11. The van der Waals surface area contributed by atoms with Gasteiger partial charge in [-0.3, -0.25) is 9.59 Å². The number of carbonyl (C=O) groups is 2. The molecule has 188 valence electrons. The third kappa shape index (κ3) is 5.59. The Morgan fingerprint density at radius 1 is 1.11 bits per heavy atom. The molecule has 1 aromatic carbocycles. The number of methoxy groups -OCH3 is 1. The Morgan fingerprint density at radius 3 is 2.51 bits per heavy atom. The molecule has 0 bridgehead atoms. The molecule has 1 aromatic heterocycles. The summed E-state index contributed by atoms with van der Waals surface area (Å²) in [7, 11) is 1.56. The molecular weight excluding hydrogens is 444 g/mol. The molecule has 1 aliphatic heterocycles. The number of hydrogen-bond acceptors (Lipinski definition) is 6. The van der Waals surface area contributed by atoms with Crippen molar-refractivity contribution in [3.63, 3.8) is 0 Å². The van der Waals surface area contributed by atoms with E-state index >= 15 is 0 Å². The number of benzene rings is 1. The quantitative estimate of drug-likeness (QED) is 0.559. The number of carbonyl (C=O) groups excluding carboxylic acids is 2. The number of nitrogens with one attached hydrogen (secondary N) is 3. The number of nitrogens with zero attached hydrogens (tertiary/aromatic N) is 1. The van der Waals surface area contributed by atoms with Crippen LogP contribution in [0.2, 0.25) is 0 Å². The first-order chi connectivity index (χ1) is 16.5. The van der Waals surface area contributed by atoms with Gasteiger partial charge in [-0.1, -0.05) is 6.07 Å². The fraction of sp³-hybridized carbons (Fsp3) is 0.519. The SMILES string of the molecule is COc1cccc(C(=O)N/N=C2\CCCc3oc(C(=O)NC4CC(C)(C)NC(C)(C)C4)c(C)c32)c1. The van der Waals surface area contributed by atoms with E-state index in [0.717, 1.165) is 48.3 Å². The van der Waals surface area contributed by atoms with Crippen LogP contribution in [0.15, 0.2) is 33.8 Å². The number of rotatable bonds is 5. The van der Waals surface area contributed by atoms with Crippen LogP contribution in [-0.4, -0.2) is 41.8 Å². The zero-order chi connectivity index (χ0) is 25.4. The van der Waals surface area contributed by atoms with Gasteiger partial charge in [0.15, 0.2) is 5.76 Å². The number of fused-ring (bicyclic) bond motifs is 1. The Labute approximate surface area is 206 Å². The maximum atomic E-state index is 13.2. The molecule has 3 N–H and O–H groups in total. The van der Waals surface area contributed by atoms with E-state index in [4.69, 9.17) is 9.15 Å². The normalized spacial score (nSPS) is 20.2. The van der Waals surface area contributed by atoms with E-state index in [1.807, 2.05) is 6.92 Å². The zero-order valence-corrected chi connectivity index (χ0v) is 21.5. The second kappa shape index (κ2) is 9.49. The largest absolute Gasteiger partial charge is 0.497 e. The first-order valence-corrected chi connectivity index (χ1v) is 12.2. The molecule has 8 nitrogen and oxygen atoms in total. The minimum atomic E-state index is -0.321. The molecule has 1 saturated heterocycles. The van der Waals surface area contributed by atoms with E-state index in [1.165, 1.54) is 0 Å². The fourth-order valence-corrected chi connectivity index (χ4v) is 5.62. The third-order valence-corrected chi connectivity index (χ3v) is 6.68. The number of ether oxygens (including phenoxy) is 1. The van der Waals surface area contributed by atoms with Crippen LogP contribution in [0.5, 0.6) is 5.75 Å². The molecule has 0 spiro atoms. The van der Waals surface area contributed by atoms with Crippen molar-refractivity contribution < 1.29 is 18.7 Å². The van der Waals surface area contributed by atoms with Crippen molar-refractivity contribution >= 4 is 17.5 Å². The van der Waals surface area contributed by atoms with Gasteiger partial charge in [0, 0.05) is 40.2 Å². The van der Waals surface area contributed by atoms with Gasteiger partial charge in [0.2, 0.25) is 0 Å². The van der Waals surface area contributed by atoms with Crippen LogP contribution in [0.25, 0.3) is 0 Å². The fourth-order valence-electron chi connectivity index (χ4n) is 5.62. The monoisotopic (exact) mass is 480 g/mol. The molecule has 2 aromatic rings. The molecule has 0 radical (unpaired) electrons. The summed E-state index contributed by atoms with van der Waals surface area (Å²) in [4.78, 5) is 25.9. The Kier molecular flexibility index (Phi) is 6.77. The predicted molar refractivity (Wildman–Crippen MR) is 135 cm³/mol. The van der Waals surface area contributed by atoms with Gasteiger partial charge in [0.1, 0.15) is 11.5 Å². The van der Waals surface area contributed by atoms with Crippen molar-refractivity contribution in [3.05, 3.63) is 52.5 Å². The molecule has 4 rings (SSSR count). The van der Waals surface area contributed by atoms with Crippen LogP contribution in [0.3, 0.4) is 0 Å². The maximum absolute atomic E-state index is 13.2. The van der Waals surface area contributed by atoms with Crippen molar-refractivity contribution in [3.8, 4) is 5.75 Å². The van der Waals surface area contributed by atoms with E-state index < -0.39 is 0 Å². The number of furan rings is 1. The Balaban J connectivity index is 1.52. The van der Waals surface area contributed by atoms with E-state index in [1.54, 1.807) is 31.4 Å². The van der Waals surface area contributed by atoms with Crippen LogP contribution in [0.4, 0.5) is 0 Å². The lowest BCUT2D eigenvalue weighted by atomic mass is 9.79. The second-order valence-corrected chi connectivity index (χ2v) is 10.9. The average Bonchev–Trinajstić information content (AvgIpc) is 3.12. The van der Waals surface area contributed by atoms with Crippen molar-refractivity contribution in [1.82, 2.24) is 16.1 Å². The van der Waals surface area contributed by atoms with Crippen molar-refractivity contribution in [2.75, 3.05) is 7.11 Å². The molecular formula is C27H36N4O4. The van der Waals surface area contributed by atoms with Gasteiger partial charge in [0.25, 0.3) is 11.8 Å². The molecule has 35 heavy (non-hydrogen) atoms. The topological polar surface area (TPSA) is 105 Å². The summed E-state index contributed by atoms with van der Waals surface area (Å²) in [5.74, 6) is 1.16. The summed E-state index contributed by atoms with van der Waals surface area (Å²) in [6.07, 6.45) is 3.95. The lowest BCUT2D eigenvalue weighted by Gasteiger charge is -2.46. The van der Waals surface area contributed by atoms with Crippen LogP contribution in [0.1, 0.15) is 91.2 Å². The first kappa shape index (κ1) is 25.0. The number of hydrazone groups is 1. The van der Waals surface area contributed by atoms with Gasteiger partial charge in [0.05, 0.1) is 12.8 Å². The highest BCUT2D eigenvalue weighted by molar-refractivity contribution is 6.07. The van der Waals surface area contributed by atoms with Gasteiger partial charge >= 0.3 is 0 Å². The molecule has 8 heteroatoms. The van der Waals surface area contributed by atoms with Gasteiger partial charge < -0.3 is 19.8 Å². The van der Waals surface area contributed by atoms with Crippen LogP contribution in [-0.2, 0) is 6.42 Å². The minimum Gasteiger partial charge on any atom is -0.497 e. The highest BCUT2D eigenvalue weighted by atomic mass is 16.5. The number of piperidine rings is 1. The molecule has 1 fully saturated rings. The van der Waals surface area contributed by atoms with Crippen molar-refractivity contribution in [2.24, 2.45) is 5.10 Å². The number of amides is 2. The lowest BCUT2D eigenvalue weighted by Crippen LogP contribution is -2.62. The summed E-state index contributed by atoms with van der Waals surface area (Å²) in [5.41, 5.74) is 5.29. The molecule has 0 saturated carbocycles. The second-order valence-electron chi connectivity index (χ2n) is 10.9. The maximum Gasteiger partial charge on any atom is 0.287 e. The van der Waals surface area contributed by atoms with Crippen LogP contribution < -0.4 is 20.8 Å². The van der Waals surface area contributed by atoms with Crippen molar-refractivity contribution in [1.29, 1.82) is 0 Å². The summed E-state index contributed by atoms with van der Waals surface area (Å²) < 4.78 is 11.3. The van der Waals surface area contributed by atoms with Crippen LogP contribution in [0, 0.1) is 6.92 Å². The molecule has 0 atom stereocenters. The molecule has 1 aliphatic carbocycles. The van der Waals surface area contributed by atoms with E-state index in [2.05, 4.69) is 48.9 Å². The van der Waals surface area contributed by atoms with E-state index in [-0.39, 0.29) is 28.9 Å². The van der Waals surface area contributed by atoms with E-state index in [0.29, 0.717) is 23.5 Å². The third-order valence-electron chi connectivity index (χ3n) is 6.68. The highest BCUT2D eigenvalue weighted by Crippen LogP contribution is 2.32. The summed E-state index contributed by atoms with van der Waals surface area (Å²) in [5, 5.41) is 11.3. The Hall–Kier alpha value is -3.13. The first-order valence-electron chi connectivity index (χ1n) is 12.2. The smallest absolute Gasteiger partial charge is 0.287 e. The summed E-state index contributed by atoms with van der Waals surface area (Å²) in [6, 6.07) is 6.96. The van der Waals surface area contributed by atoms with Gasteiger partial charge in [-0.05, 0) is 78.5 Å². The number of hydrogen-bond donors (Lipinski definition) is 3. The van der Waals surface area contributed by atoms with Crippen LogP contribution >= 0.6 is 0 Å². The van der Waals surface area contributed by atoms with Crippen molar-refractivity contribution in [2.45, 2.75) is 83.8 Å². The van der Waals surface area contributed by atoms with Gasteiger partial charge in [-0.2, -0.15) is 5.10 Å². The number of aryl methyl sites for hydroxylation is 1. The zero-order valence-electron chi connectivity index (χ0n) is 21.5. The average molecular weight is 481 g/mol. The van der Waals surface area contributed by atoms with Gasteiger partial charge in [-0.15, -0.1) is 0 Å². The standard InChI is InChI=1S/C27H36N4O4/c1-16-22-20(29-30-24(32)17-9-7-10-19(13-17)34-6)11-8-12-21(22)35-23(16)25(33)28-18-14-26(2,3)31-27(4,5)15-18/h7,9-10,13,18,31H,8,11-12,14-15H2,1-6H3,(H,28,33)(H,30,32)/b29-20+.